The van der Waals surface area contributed by atoms with Crippen LogP contribution in [-0.4, -0.2) is 25.7 Å². The van der Waals surface area contributed by atoms with Crippen LogP contribution in [0.15, 0.2) is 18.2 Å². The topological polar surface area (TPSA) is 24.5 Å². The van der Waals surface area contributed by atoms with Crippen molar-refractivity contribution >= 4 is 11.4 Å². The van der Waals surface area contributed by atoms with Crippen molar-refractivity contribution < 1.29 is 4.74 Å². The minimum Gasteiger partial charge on any atom is -0.495 e. The molecule has 1 saturated carbocycles. The fourth-order valence-electron chi connectivity index (χ4n) is 3.85. The highest BCUT2D eigenvalue weighted by Gasteiger charge is 2.41. The highest BCUT2D eigenvalue weighted by atomic mass is 16.5. The van der Waals surface area contributed by atoms with Crippen LogP contribution < -0.4 is 15.0 Å². The Labute approximate surface area is 115 Å². The second kappa shape index (κ2) is 4.95. The van der Waals surface area contributed by atoms with Crippen molar-refractivity contribution in [3.63, 3.8) is 0 Å². The average molecular weight is 260 g/mol. The van der Waals surface area contributed by atoms with Gasteiger partial charge in [-0.1, -0.05) is 25.3 Å². The zero-order chi connectivity index (χ0) is 13.3. The van der Waals surface area contributed by atoms with E-state index in [1.54, 1.807) is 7.11 Å². The summed E-state index contributed by atoms with van der Waals surface area (Å²) in [5.74, 6) is 0.997. The molecule has 1 fully saturated rings. The molecule has 1 aliphatic heterocycles. The second-order valence-electron chi connectivity index (χ2n) is 5.74. The fourth-order valence-corrected chi connectivity index (χ4v) is 3.85. The van der Waals surface area contributed by atoms with Gasteiger partial charge in [0.25, 0.3) is 0 Å². The Kier molecular flexibility index (Phi) is 3.29. The molecule has 1 aliphatic carbocycles. The Hall–Kier alpha value is -1.38. The molecule has 0 unspecified atom stereocenters. The standard InChI is InChI=1S/C16H24N2O/c1-3-18-15-13(8-7-9-14(15)19-2)17-12-16(18)10-5-4-6-11-16/h7-9,17H,3-6,10-12H2,1-2H3. The van der Waals surface area contributed by atoms with Crippen LogP contribution in [0.25, 0.3) is 0 Å². The first kappa shape index (κ1) is 12.6. The van der Waals surface area contributed by atoms with E-state index in [0.717, 1.165) is 18.8 Å². The van der Waals surface area contributed by atoms with Crippen molar-refractivity contribution in [1.82, 2.24) is 0 Å². The number of hydrogen-bond acceptors (Lipinski definition) is 3. The predicted octanol–water partition coefficient (Wildman–Crippen LogP) is 3.65. The molecule has 1 aromatic rings. The zero-order valence-corrected chi connectivity index (χ0v) is 12.0. The normalized spacial score (nSPS) is 20.8. The summed E-state index contributed by atoms with van der Waals surface area (Å²) >= 11 is 0. The van der Waals surface area contributed by atoms with Gasteiger partial charge in [-0.25, -0.2) is 0 Å². The summed E-state index contributed by atoms with van der Waals surface area (Å²) < 4.78 is 5.60. The summed E-state index contributed by atoms with van der Waals surface area (Å²) in [4.78, 5) is 2.59. The van der Waals surface area contributed by atoms with E-state index >= 15 is 0 Å². The van der Waals surface area contributed by atoms with Crippen molar-refractivity contribution in [3.05, 3.63) is 18.2 Å². The Morgan fingerprint density at radius 2 is 2.05 bits per heavy atom. The molecule has 0 aromatic heterocycles. The molecule has 1 spiro atoms. The molecule has 1 aromatic carbocycles. The number of methoxy groups -OCH3 is 1. The lowest BCUT2D eigenvalue weighted by Crippen LogP contribution is -2.57. The van der Waals surface area contributed by atoms with Gasteiger partial charge in [0.15, 0.2) is 0 Å². The van der Waals surface area contributed by atoms with Crippen molar-refractivity contribution in [1.29, 1.82) is 0 Å². The maximum Gasteiger partial charge on any atom is 0.144 e. The Morgan fingerprint density at radius 3 is 2.74 bits per heavy atom. The van der Waals surface area contributed by atoms with Crippen LogP contribution in [0.4, 0.5) is 11.4 Å². The highest BCUT2D eigenvalue weighted by Crippen LogP contribution is 2.47. The summed E-state index contributed by atoms with van der Waals surface area (Å²) in [5.41, 5.74) is 2.78. The third kappa shape index (κ3) is 1.96. The first-order valence-corrected chi connectivity index (χ1v) is 7.49. The Morgan fingerprint density at radius 1 is 1.26 bits per heavy atom. The summed E-state index contributed by atoms with van der Waals surface area (Å²) in [5, 5.41) is 3.64. The van der Waals surface area contributed by atoms with Crippen LogP contribution in [0.1, 0.15) is 39.0 Å². The quantitative estimate of drug-likeness (QED) is 0.878. The smallest absolute Gasteiger partial charge is 0.144 e. The van der Waals surface area contributed by atoms with Crippen LogP contribution in [0.2, 0.25) is 0 Å². The maximum atomic E-state index is 5.60. The number of hydrogen-bond donors (Lipinski definition) is 1. The van der Waals surface area contributed by atoms with Gasteiger partial charge in [-0.2, -0.15) is 0 Å². The molecular weight excluding hydrogens is 236 g/mol. The lowest BCUT2D eigenvalue weighted by molar-refractivity contribution is 0.282. The zero-order valence-electron chi connectivity index (χ0n) is 12.0. The van der Waals surface area contributed by atoms with Crippen molar-refractivity contribution in [2.75, 3.05) is 30.4 Å². The van der Waals surface area contributed by atoms with E-state index in [1.807, 2.05) is 0 Å². The van der Waals surface area contributed by atoms with Crippen molar-refractivity contribution in [3.8, 4) is 5.75 Å². The largest absolute Gasteiger partial charge is 0.495 e. The summed E-state index contributed by atoms with van der Waals surface area (Å²) in [6.07, 6.45) is 6.68. The van der Waals surface area contributed by atoms with Gasteiger partial charge in [0.1, 0.15) is 11.4 Å². The van der Waals surface area contributed by atoms with Gasteiger partial charge in [-0.3, -0.25) is 0 Å². The fraction of sp³-hybridized carbons (Fsp3) is 0.625. The average Bonchev–Trinajstić information content (AvgIpc) is 2.47. The minimum atomic E-state index is 0.300. The number of fused-ring (bicyclic) bond motifs is 1. The van der Waals surface area contributed by atoms with Gasteiger partial charge in [-0.15, -0.1) is 0 Å². The van der Waals surface area contributed by atoms with Crippen LogP contribution >= 0.6 is 0 Å². The highest BCUT2D eigenvalue weighted by molar-refractivity contribution is 5.80. The van der Waals surface area contributed by atoms with Gasteiger partial charge >= 0.3 is 0 Å². The van der Waals surface area contributed by atoms with Crippen LogP contribution in [0.3, 0.4) is 0 Å². The number of para-hydroxylation sites is 1. The molecule has 19 heavy (non-hydrogen) atoms. The molecule has 3 heteroatoms. The molecule has 2 aliphatic rings. The van der Waals surface area contributed by atoms with Gasteiger partial charge in [-0.05, 0) is 31.9 Å². The first-order chi connectivity index (χ1) is 9.30. The van der Waals surface area contributed by atoms with Crippen LogP contribution in [0, 0.1) is 0 Å². The molecular formula is C16H24N2O. The van der Waals surface area contributed by atoms with E-state index in [-0.39, 0.29) is 0 Å². The van der Waals surface area contributed by atoms with Crippen LogP contribution in [0.5, 0.6) is 5.75 Å². The maximum absolute atomic E-state index is 5.60. The van der Waals surface area contributed by atoms with E-state index in [9.17, 15) is 0 Å². The number of rotatable bonds is 2. The Balaban J connectivity index is 2.05. The van der Waals surface area contributed by atoms with Gasteiger partial charge in [0.2, 0.25) is 0 Å². The lowest BCUT2D eigenvalue weighted by Gasteiger charge is -2.51. The van der Waals surface area contributed by atoms with Gasteiger partial charge in [0.05, 0.1) is 18.3 Å². The number of benzene rings is 1. The Bertz CT molecular complexity index is 438. The summed E-state index contributed by atoms with van der Waals surface area (Å²) in [6, 6.07) is 6.30. The molecule has 104 valence electrons. The van der Waals surface area contributed by atoms with Crippen molar-refractivity contribution in [2.45, 2.75) is 44.6 Å². The lowest BCUT2D eigenvalue weighted by atomic mass is 9.78. The third-order valence-corrected chi connectivity index (χ3v) is 4.77. The minimum absolute atomic E-state index is 0.300. The van der Waals surface area contributed by atoms with Gasteiger partial charge < -0.3 is 15.0 Å². The number of nitrogens with zero attached hydrogens (tertiary/aromatic N) is 1. The molecule has 0 amide bonds. The van der Waals surface area contributed by atoms with E-state index < -0.39 is 0 Å². The monoisotopic (exact) mass is 260 g/mol. The number of ether oxygens (including phenoxy) is 1. The van der Waals surface area contributed by atoms with E-state index in [4.69, 9.17) is 4.74 Å². The molecule has 0 radical (unpaired) electrons. The van der Waals surface area contributed by atoms with Crippen LogP contribution in [-0.2, 0) is 0 Å². The molecule has 0 atom stereocenters. The van der Waals surface area contributed by atoms with E-state index in [0.29, 0.717) is 5.54 Å². The first-order valence-electron chi connectivity index (χ1n) is 7.49. The van der Waals surface area contributed by atoms with E-state index in [1.165, 1.54) is 43.5 Å². The van der Waals surface area contributed by atoms with Gasteiger partial charge in [0, 0.05) is 13.1 Å². The second-order valence-corrected chi connectivity index (χ2v) is 5.74. The third-order valence-electron chi connectivity index (χ3n) is 4.77. The molecule has 0 saturated heterocycles. The number of likely N-dealkylation sites (N-methyl/N-ethyl adjacent to an activating group) is 1. The summed E-state index contributed by atoms with van der Waals surface area (Å²) in [6.45, 7) is 4.38. The van der Waals surface area contributed by atoms with E-state index in [2.05, 4.69) is 35.3 Å². The predicted molar refractivity (Wildman–Crippen MR) is 80.3 cm³/mol. The number of nitrogens with one attached hydrogen (secondary N) is 1. The summed E-state index contributed by atoms with van der Waals surface area (Å²) in [7, 11) is 1.77. The van der Waals surface area contributed by atoms with Crippen molar-refractivity contribution in [2.24, 2.45) is 0 Å². The molecule has 3 rings (SSSR count). The number of anilines is 2. The molecule has 3 nitrogen and oxygen atoms in total. The molecule has 1 N–H and O–H groups in total. The SMILES string of the molecule is CCN1c2c(cccc2OC)NCC12CCCCC2. The molecule has 0 bridgehead atoms. The molecule has 1 heterocycles.